The number of methoxy groups -OCH3 is 1. The molecular weight excluding hydrogens is 516 g/mol. The minimum atomic E-state index is -0.766. The van der Waals surface area contributed by atoms with Crippen molar-refractivity contribution >= 4 is 29.0 Å². The Balaban J connectivity index is 1.59. The summed E-state index contributed by atoms with van der Waals surface area (Å²) in [6, 6.07) is 10.2. The first-order valence-electron chi connectivity index (χ1n) is 12.5. The van der Waals surface area contributed by atoms with Gasteiger partial charge in [-0.05, 0) is 38.5 Å². The van der Waals surface area contributed by atoms with Crippen molar-refractivity contribution in [2.24, 2.45) is 10.9 Å². The second-order valence-corrected chi connectivity index (χ2v) is 10.1. The summed E-state index contributed by atoms with van der Waals surface area (Å²) in [5, 5.41) is 9.63. The van der Waals surface area contributed by atoms with Gasteiger partial charge in [0.2, 0.25) is 0 Å². The fourth-order valence-corrected chi connectivity index (χ4v) is 5.77. The summed E-state index contributed by atoms with van der Waals surface area (Å²) in [5.74, 6) is 1.20. The molecule has 8 nitrogen and oxygen atoms in total. The highest BCUT2D eigenvalue weighted by Crippen LogP contribution is 2.35. The Kier molecular flexibility index (Phi) is 7.26. The zero-order valence-corrected chi connectivity index (χ0v) is 22.7. The number of aliphatic hydroxyl groups is 1. The Morgan fingerprint density at radius 1 is 1.31 bits per heavy atom. The average molecular weight is 545 g/mol. The number of hydrogen-bond acceptors (Lipinski definition) is 8. The molecule has 0 amide bonds. The molecule has 3 aromatic rings. The summed E-state index contributed by atoms with van der Waals surface area (Å²) in [4.78, 5) is 32.0. The SMILES string of the molecule is C=C(O)C1C=CC(c2ccc(/C=c3/sc4n(c3=O)C(c3ccccc3OC)C(C(=O)OCC)=C(C)N=4)o2)=CC1. The lowest BCUT2D eigenvalue weighted by molar-refractivity contribution is -0.139. The Labute approximate surface area is 228 Å². The van der Waals surface area contributed by atoms with Gasteiger partial charge in [-0.2, -0.15) is 0 Å². The van der Waals surface area contributed by atoms with Gasteiger partial charge in [-0.1, -0.05) is 54.3 Å². The number of ether oxygens (including phenoxy) is 2. The average Bonchev–Trinajstić information content (AvgIpc) is 3.52. The normalized spacial score (nSPS) is 18.8. The number of fused-ring (bicyclic) bond motifs is 1. The Morgan fingerprint density at radius 3 is 2.79 bits per heavy atom. The van der Waals surface area contributed by atoms with Crippen molar-refractivity contribution in [1.82, 2.24) is 4.57 Å². The molecule has 0 saturated heterocycles. The third kappa shape index (κ3) is 4.93. The summed E-state index contributed by atoms with van der Waals surface area (Å²) in [5.41, 5.74) is 2.02. The van der Waals surface area contributed by atoms with E-state index in [1.54, 1.807) is 39.2 Å². The second kappa shape index (κ2) is 10.8. The number of para-hydroxylation sites is 1. The lowest BCUT2D eigenvalue weighted by Crippen LogP contribution is -2.40. The number of aromatic nitrogens is 1. The minimum absolute atomic E-state index is 0.108. The molecule has 2 atom stereocenters. The maximum Gasteiger partial charge on any atom is 0.338 e. The number of thiazole rings is 1. The molecule has 1 aromatic carbocycles. The van der Waals surface area contributed by atoms with Crippen molar-refractivity contribution in [3.8, 4) is 5.75 Å². The molecule has 9 heteroatoms. The lowest BCUT2D eigenvalue weighted by Gasteiger charge is -2.25. The smallest absolute Gasteiger partial charge is 0.338 e. The van der Waals surface area contributed by atoms with Gasteiger partial charge in [-0.3, -0.25) is 9.36 Å². The first kappa shape index (κ1) is 26.2. The predicted octanol–water partition coefficient (Wildman–Crippen LogP) is 4.43. The number of esters is 1. The topological polar surface area (TPSA) is 103 Å². The van der Waals surface area contributed by atoms with E-state index in [2.05, 4.69) is 11.6 Å². The van der Waals surface area contributed by atoms with Crippen molar-refractivity contribution in [3.05, 3.63) is 115 Å². The fourth-order valence-electron chi connectivity index (χ4n) is 4.74. The van der Waals surface area contributed by atoms with Crippen LogP contribution < -0.4 is 19.6 Å². The quantitative estimate of drug-likeness (QED) is 0.349. The van der Waals surface area contributed by atoms with Gasteiger partial charge in [0.15, 0.2) is 4.80 Å². The van der Waals surface area contributed by atoms with Crippen LogP contribution in [-0.4, -0.2) is 29.4 Å². The van der Waals surface area contributed by atoms with Gasteiger partial charge in [0.25, 0.3) is 5.56 Å². The molecule has 1 N–H and O–H groups in total. The Bertz CT molecular complexity index is 1730. The van der Waals surface area contributed by atoms with Gasteiger partial charge in [-0.15, -0.1) is 0 Å². The maximum absolute atomic E-state index is 13.8. The molecule has 39 heavy (non-hydrogen) atoms. The molecule has 2 unspecified atom stereocenters. The third-order valence-corrected chi connectivity index (χ3v) is 7.65. The van der Waals surface area contributed by atoms with Crippen LogP contribution in [0.4, 0.5) is 0 Å². The van der Waals surface area contributed by atoms with Gasteiger partial charge >= 0.3 is 5.97 Å². The molecular formula is C30H28N2O6S. The summed E-state index contributed by atoms with van der Waals surface area (Å²) in [7, 11) is 1.55. The van der Waals surface area contributed by atoms with E-state index in [0.29, 0.717) is 49.9 Å². The fraction of sp³-hybridized carbons (Fsp3) is 0.233. The number of hydrogen-bond donors (Lipinski definition) is 1. The lowest BCUT2D eigenvalue weighted by atomic mass is 9.94. The van der Waals surface area contributed by atoms with E-state index < -0.39 is 12.0 Å². The number of furan rings is 1. The zero-order chi connectivity index (χ0) is 27.7. The number of aliphatic hydroxyl groups excluding tert-OH is 1. The molecule has 1 aliphatic heterocycles. The van der Waals surface area contributed by atoms with Crippen LogP contribution in [0.15, 0.2) is 92.4 Å². The molecule has 0 spiro atoms. The van der Waals surface area contributed by atoms with E-state index in [0.717, 1.165) is 5.57 Å². The number of nitrogens with zero attached hydrogens (tertiary/aromatic N) is 2. The monoisotopic (exact) mass is 544 g/mol. The maximum atomic E-state index is 13.8. The highest BCUT2D eigenvalue weighted by atomic mass is 32.1. The van der Waals surface area contributed by atoms with Crippen molar-refractivity contribution in [3.63, 3.8) is 0 Å². The first-order valence-corrected chi connectivity index (χ1v) is 13.3. The highest BCUT2D eigenvalue weighted by Gasteiger charge is 2.35. The summed E-state index contributed by atoms with van der Waals surface area (Å²) < 4.78 is 18.9. The molecule has 200 valence electrons. The van der Waals surface area contributed by atoms with Crippen LogP contribution in [0, 0.1) is 5.92 Å². The summed E-state index contributed by atoms with van der Waals surface area (Å²) in [6.45, 7) is 7.27. The molecule has 5 rings (SSSR count). The largest absolute Gasteiger partial charge is 0.512 e. The molecule has 2 aromatic heterocycles. The molecule has 0 saturated carbocycles. The van der Waals surface area contributed by atoms with E-state index in [-0.39, 0.29) is 23.8 Å². The Hall–Kier alpha value is -4.37. The van der Waals surface area contributed by atoms with Crippen LogP contribution in [0.3, 0.4) is 0 Å². The van der Waals surface area contributed by atoms with Crippen LogP contribution in [0.1, 0.15) is 43.4 Å². The minimum Gasteiger partial charge on any atom is -0.512 e. The van der Waals surface area contributed by atoms with E-state index in [9.17, 15) is 14.7 Å². The van der Waals surface area contributed by atoms with Crippen LogP contribution in [0.5, 0.6) is 5.75 Å². The van der Waals surface area contributed by atoms with Gasteiger partial charge < -0.3 is 19.0 Å². The van der Waals surface area contributed by atoms with E-state index in [4.69, 9.17) is 13.9 Å². The highest BCUT2D eigenvalue weighted by molar-refractivity contribution is 7.07. The summed E-state index contributed by atoms with van der Waals surface area (Å²) >= 11 is 1.22. The van der Waals surface area contributed by atoms with Crippen molar-refractivity contribution in [2.75, 3.05) is 13.7 Å². The number of benzene rings is 1. The third-order valence-electron chi connectivity index (χ3n) is 6.66. The van der Waals surface area contributed by atoms with Gasteiger partial charge in [0.1, 0.15) is 23.3 Å². The van der Waals surface area contributed by atoms with E-state index in [1.807, 2.05) is 42.5 Å². The van der Waals surface area contributed by atoms with Crippen LogP contribution in [-0.2, 0) is 9.53 Å². The molecule has 3 heterocycles. The molecule has 2 aliphatic rings. The van der Waals surface area contributed by atoms with Crippen molar-refractivity contribution in [2.45, 2.75) is 26.3 Å². The standard InChI is InChI=1S/C30H28N2O6S/c1-5-37-29(35)26-17(2)31-30-32(27(26)22-8-6-7-9-24(22)36-4)28(34)25(39-30)16-21-14-15-23(38-21)20-12-10-19(11-13-20)18(3)33/h6-10,12-16,19,27,33H,3,5,11H2,1-2,4H3/b25-16+. The molecule has 0 bridgehead atoms. The van der Waals surface area contributed by atoms with Gasteiger partial charge in [0, 0.05) is 23.1 Å². The Morgan fingerprint density at radius 2 is 2.10 bits per heavy atom. The summed E-state index contributed by atoms with van der Waals surface area (Å²) in [6.07, 6.45) is 8.07. The van der Waals surface area contributed by atoms with Crippen LogP contribution in [0.25, 0.3) is 11.6 Å². The zero-order valence-electron chi connectivity index (χ0n) is 21.8. The molecule has 0 fully saturated rings. The van der Waals surface area contributed by atoms with E-state index in [1.165, 1.54) is 15.9 Å². The van der Waals surface area contributed by atoms with E-state index >= 15 is 0 Å². The van der Waals surface area contributed by atoms with Crippen molar-refractivity contribution < 1.29 is 23.8 Å². The number of carbonyl (C=O) groups excluding carboxylic acids is 1. The van der Waals surface area contributed by atoms with Gasteiger partial charge in [-0.25, -0.2) is 9.79 Å². The predicted molar refractivity (Wildman–Crippen MR) is 149 cm³/mol. The van der Waals surface area contributed by atoms with Crippen molar-refractivity contribution in [1.29, 1.82) is 0 Å². The van der Waals surface area contributed by atoms with Gasteiger partial charge in [0.05, 0.1) is 35.3 Å². The van der Waals surface area contributed by atoms with Crippen LogP contribution in [0.2, 0.25) is 0 Å². The van der Waals surface area contributed by atoms with Crippen LogP contribution >= 0.6 is 11.3 Å². The molecule has 0 radical (unpaired) electrons. The number of rotatable bonds is 7. The number of allylic oxidation sites excluding steroid dienone is 5. The molecule has 1 aliphatic carbocycles. The second-order valence-electron chi connectivity index (χ2n) is 9.10. The first-order chi connectivity index (χ1) is 18.8. The number of carbonyl (C=O) groups is 1.